The molecule has 116 valence electrons. The minimum absolute atomic E-state index is 0.0158. The summed E-state index contributed by atoms with van der Waals surface area (Å²) in [5, 5.41) is 9.56. The van der Waals surface area contributed by atoms with Crippen molar-refractivity contribution in [2.75, 3.05) is 6.61 Å². The van der Waals surface area contributed by atoms with Crippen molar-refractivity contribution in [2.45, 2.75) is 50.7 Å². The molecule has 1 aliphatic heterocycles. The molecule has 0 radical (unpaired) electrons. The van der Waals surface area contributed by atoms with Crippen molar-refractivity contribution in [3.8, 4) is 0 Å². The zero-order valence-electron chi connectivity index (χ0n) is 11.0. The third-order valence-corrected chi connectivity index (χ3v) is 2.83. The lowest BCUT2D eigenvalue weighted by Crippen LogP contribution is -2.53. The summed E-state index contributed by atoms with van der Waals surface area (Å²) in [7, 11) is 0. The summed E-state index contributed by atoms with van der Waals surface area (Å²) in [4.78, 5) is 11.3. The number of rotatable bonds is 7. The SMILES string of the molecule is CCOC(=O)C(O)(CCCCC1OC=CO1)C(F)(F)F. The van der Waals surface area contributed by atoms with Crippen LogP contribution in [0.2, 0.25) is 0 Å². The molecule has 0 aromatic rings. The van der Waals surface area contributed by atoms with Crippen LogP contribution in [0.5, 0.6) is 0 Å². The van der Waals surface area contributed by atoms with Gasteiger partial charge in [-0.25, -0.2) is 4.79 Å². The predicted octanol–water partition coefficient (Wildman–Crippen LogP) is 2.25. The molecular weight excluding hydrogens is 281 g/mol. The molecule has 20 heavy (non-hydrogen) atoms. The first-order valence-corrected chi connectivity index (χ1v) is 6.23. The smallest absolute Gasteiger partial charge is 0.428 e. The lowest BCUT2D eigenvalue weighted by molar-refractivity contribution is -0.264. The van der Waals surface area contributed by atoms with E-state index in [4.69, 9.17) is 9.47 Å². The predicted molar refractivity (Wildman–Crippen MR) is 61.2 cm³/mol. The maximum Gasteiger partial charge on any atom is 0.428 e. The second-order valence-electron chi connectivity index (χ2n) is 4.30. The molecule has 0 fully saturated rings. The first-order valence-electron chi connectivity index (χ1n) is 6.23. The third-order valence-electron chi connectivity index (χ3n) is 2.83. The highest BCUT2D eigenvalue weighted by molar-refractivity contribution is 5.80. The first kappa shape index (κ1) is 16.6. The summed E-state index contributed by atoms with van der Waals surface area (Å²) in [6, 6.07) is 0. The summed E-state index contributed by atoms with van der Waals surface area (Å²) in [5.41, 5.74) is -3.46. The number of halogens is 3. The number of alkyl halides is 3. The fourth-order valence-electron chi connectivity index (χ4n) is 1.71. The zero-order chi connectivity index (χ0) is 15.2. The highest BCUT2D eigenvalue weighted by Gasteiger charge is 2.60. The van der Waals surface area contributed by atoms with Crippen molar-refractivity contribution in [1.82, 2.24) is 0 Å². The van der Waals surface area contributed by atoms with E-state index in [0.29, 0.717) is 12.8 Å². The molecule has 1 unspecified atom stereocenters. The summed E-state index contributed by atoms with van der Waals surface area (Å²) in [5.74, 6) is -1.66. The molecule has 1 rings (SSSR count). The van der Waals surface area contributed by atoms with Crippen molar-refractivity contribution >= 4 is 5.97 Å². The summed E-state index contributed by atoms with van der Waals surface area (Å²) in [6.45, 7) is 1.14. The Kier molecular flexibility index (Phi) is 5.67. The average molecular weight is 298 g/mol. The topological polar surface area (TPSA) is 65.0 Å². The molecule has 0 amide bonds. The van der Waals surface area contributed by atoms with Crippen LogP contribution in [0.4, 0.5) is 13.2 Å². The number of hydrogen-bond donors (Lipinski definition) is 1. The number of esters is 1. The Morgan fingerprint density at radius 3 is 2.40 bits per heavy atom. The standard InChI is InChI=1S/C12H17F3O5/c1-2-18-10(16)11(17,12(13,14)15)6-4-3-5-9-19-7-8-20-9/h7-9,17H,2-6H2,1H3. The van der Waals surface area contributed by atoms with E-state index in [0.717, 1.165) is 0 Å². The van der Waals surface area contributed by atoms with Gasteiger partial charge in [0.2, 0.25) is 6.29 Å². The average Bonchev–Trinajstić information content (AvgIpc) is 2.86. The van der Waals surface area contributed by atoms with Crippen LogP contribution >= 0.6 is 0 Å². The quantitative estimate of drug-likeness (QED) is 0.577. The molecule has 5 nitrogen and oxygen atoms in total. The molecule has 0 bridgehead atoms. The molecular formula is C12H17F3O5. The fourth-order valence-corrected chi connectivity index (χ4v) is 1.71. The maximum atomic E-state index is 12.8. The van der Waals surface area contributed by atoms with Gasteiger partial charge in [-0.1, -0.05) is 0 Å². The Balaban J connectivity index is 2.46. The Labute approximate surface area is 114 Å². The maximum absolute atomic E-state index is 12.8. The van der Waals surface area contributed by atoms with Crippen LogP contribution in [0.1, 0.15) is 32.6 Å². The van der Waals surface area contributed by atoms with Gasteiger partial charge >= 0.3 is 12.1 Å². The Morgan fingerprint density at radius 2 is 1.90 bits per heavy atom. The molecule has 1 aliphatic rings. The first-order chi connectivity index (χ1) is 9.31. The van der Waals surface area contributed by atoms with Gasteiger partial charge in [0.05, 0.1) is 6.61 Å². The Morgan fingerprint density at radius 1 is 1.30 bits per heavy atom. The second-order valence-corrected chi connectivity index (χ2v) is 4.30. The van der Waals surface area contributed by atoms with E-state index in [1.54, 1.807) is 0 Å². The monoisotopic (exact) mass is 298 g/mol. The number of ether oxygens (including phenoxy) is 3. The second kappa shape index (κ2) is 6.83. The van der Waals surface area contributed by atoms with Crippen molar-refractivity contribution < 1.29 is 37.3 Å². The van der Waals surface area contributed by atoms with Crippen LogP contribution in [-0.2, 0) is 19.0 Å². The van der Waals surface area contributed by atoms with Crippen molar-refractivity contribution in [2.24, 2.45) is 0 Å². The van der Waals surface area contributed by atoms with E-state index < -0.39 is 30.5 Å². The van der Waals surface area contributed by atoms with Crippen molar-refractivity contribution in [1.29, 1.82) is 0 Å². The van der Waals surface area contributed by atoms with Crippen LogP contribution in [0.3, 0.4) is 0 Å². The normalized spacial score (nSPS) is 18.2. The van der Waals surface area contributed by atoms with Gasteiger partial charge < -0.3 is 19.3 Å². The van der Waals surface area contributed by atoms with E-state index in [1.807, 2.05) is 0 Å². The van der Waals surface area contributed by atoms with E-state index in [-0.39, 0.29) is 13.0 Å². The lowest BCUT2D eigenvalue weighted by Gasteiger charge is -2.28. The van der Waals surface area contributed by atoms with Crippen LogP contribution in [0, 0.1) is 0 Å². The molecule has 1 atom stereocenters. The van der Waals surface area contributed by atoms with E-state index in [1.165, 1.54) is 19.4 Å². The van der Waals surface area contributed by atoms with Crippen LogP contribution in [0.15, 0.2) is 12.5 Å². The molecule has 0 saturated heterocycles. The van der Waals surface area contributed by atoms with Gasteiger partial charge in [-0.3, -0.25) is 0 Å². The van der Waals surface area contributed by atoms with Gasteiger partial charge in [-0.15, -0.1) is 0 Å². The van der Waals surface area contributed by atoms with E-state index >= 15 is 0 Å². The molecule has 1 N–H and O–H groups in total. The van der Waals surface area contributed by atoms with Gasteiger partial charge in [0.1, 0.15) is 12.5 Å². The number of carbonyl (C=O) groups is 1. The van der Waals surface area contributed by atoms with Gasteiger partial charge in [0.25, 0.3) is 5.60 Å². The summed E-state index contributed by atoms with van der Waals surface area (Å²) in [6.07, 6.45) is -3.00. The van der Waals surface area contributed by atoms with Crippen LogP contribution < -0.4 is 0 Å². The van der Waals surface area contributed by atoms with Crippen molar-refractivity contribution in [3.05, 3.63) is 12.5 Å². The molecule has 0 saturated carbocycles. The summed E-state index contributed by atoms with van der Waals surface area (Å²) < 4.78 is 52.6. The van der Waals surface area contributed by atoms with Gasteiger partial charge in [0.15, 0.2) is 0 Å². The zero-order valence-corrected chi connectivity index (χ0v) is 11.0. The Bertz CT molecular complexity index is 347. The third kappa shape index (κ3) is 4.03. The molecule has 0 aromatic heterocycles. The molecule has 0 aliphatic carbocycles. The van der Waals surface area contributed by atoms with E-state index in [2.05, 4.69) is 4.74 Å². The van der Waals surface area contributed by atoms with Crippen LogP contribution in [0.25, 0.3) is 0 Å². The number of carbonyl (C=O) groups excluding carboxylic acids is 1. The largest absolute Gasteiger partial charge is 0.464 e. The minimum Gasteiger partial charge on any atom is -0.464 e. The molecule has 8 heteroatoms. The van der Waals surface area contributed by atoms with Crippen LogP contribution in [-0.4, -0.2) is 35.8 Å². The number of aliphatic hydroxyl groups is 1. The van der Waals surface area contributed by atoms with Crippen molar-refractivity contribution in [3.63, 3.8) is 0 Å². The molecule has 0 aromatic carbocycles. The highest BCUT2D eigenvalue weighted by atomic mass is 19.4. The van der Waals surface area contributed by atoms with Gasteiger partial charge in [-0.2, -0.15) is 13.2 Å². The van der Waals surface area contributed by atoms with Gasteiger partial charge in [0, 0.05) is 6.42 Å². The van der Waals surface area contributed by atoms with Gasteiger partial charge in [-0.05, 0) is 26.2 Å². The summed E-state index contributed by atoms with van der Waals surface area (Å²) >= 11 is 0. The fraction of sp³-hybridized carbons (Fsp3) is 0.750. The number of hydrogen-bond acceptors (Lipinski definition) is 5. The number of unbranched alkanes of at least 4 members (excludes halogenated alkanes) is 1. The minimum atomic E-state index is -5.07. The molecule has 1 heterocycles. The van der Waals surface area contributed by atoms with E-state index in [9.17, 15) is 23.1 Å². The Hall–Kier alpha value is -1.44. The molecule has 0 spiro atoms. The highest BCUT2D eigenvalue weighted by Crippen LogP contribution is 2.36. The lowest BCUT2D eigenvalue weighted by atomic mass is 9.95.